The molecule has 0 spiro atoms. The van der Waals surface area contributed by atoms with Crippen LogP contribution >= 0.6 is 0 Å². The topological polar surface area (TPSA) is 52.3 Å². The van der Waals surface area contributed by atoms with Crippen LogP contribution in [0.2, 0.25) is 0 Å². The summed E-state index contributed by atoms with van der Waals surface area (Å²) in [7, 11) is 0. The molecule has 0 aromatic carbocycles. The highest BCUT2D eigenvalue weighted by molar-refractivity contribution is 5.90. The molecule has 0 aliphatic carbocycles. The first-order chi connectivity index (χ1) is 5.54. The Hall–Kier alpha value is -0.670. The zero-order valence-corrected chi connectivity index (χ0v) is 7.43. The molecule has 1 rings (SSSR count). The number of hydrogen-bond acceptors (Lipinski definition) is 3. The monoisotopic (exact) mass is 169 g/mol. The quantitative estimate of drug-likeness (QED) is 0.631. The largest absolute Gasteiger partial charge is 0.379 e. The van der Waals surface area contributed by atoms with Crippen LogP contribution in [-0.2, 0) is 9.53 Å². The van der Waals surface area contributed by atoms with Crippen LogP contribution in [0.1, 0.15) is 19.8 Å². The summed E-state index contributed by atoms with van der Waals surface area (Å²) in [6.45, 7) is 6.47. The van der Waals surface area contributed by atoms with Gasteiger partial charge in [0, 0.05) is 13.0 Å². The fraction of sp³-hybridized carbons (Fsp3) is 0.667. The average Bonchev–Trinajstić information content (AvgIpc) is 2.36. The van der Waals surface area contributed by atoms with E-state index in [1.165, 1.54) is 0 Å². The zero-order chi connectivity index (χ0) is 9.19. The van der Waals surface area contributed by atoms with Gasteiger partial charge in [0.2, 0.25) is 0 Å². The summed E-state index contributed by atoms with van der Waals surface area (Å²) in [4.78, 5) is 11.5. The molecular weight excluding hydrogens is 154 g/mol. The van der Waals surface area contributed by atoms with Crippen molar-refractivity contribution in [3.8, 4) is 0 Å². The van der Waals surface area contributed by atoms with Gasteiger partial charge in [0.25, 0.3) is 0 Å². The third-order valence-electron chi connectivity index (χ3n) is 2.07. The first-order valence-electron chi connectivity index (χ1n) is 4.09. The molecule has 1 aliphatic heterocycles. The molecule has 68 valence electrons. The summed E-state index contributed by atoms with van der Waals surface area (Å²) in [5, 5.41) is 0. The molecule has 3 nitrogen and oxygen atoms in total. The Morgan fingerprint density at radius 2 is 2.42 bits per heavy atom. The summed E-state index contributed by atoms with van der Waals surface area (Å²) in [5.41, 5.74) is 5.96. The molecule has 0 aromatic heterocycles. The van der Waals surface area contributed by atoms with Crippen LogP contribution in [0.15, 0.2) is 12.2 Å². The normalized spacial score (nSPS) is 28.8. The number of Topliss-reactive ketones (excluding diaryl/α,β-unsaturated/α-hetero) is 1. The molecular formula is C9H15NO2. The first-order valence-corrected chi connectivity index (χ1v) is 4.09. The fourth-order valence-electron chi connectivity index (χ4n) is 1.25. The lowest BCUT2D eigenvalue weighted by atomic mass is 9.91. The van der Waals surface area contributed by atoms with Crippen LogP contribution in [0.25, 0.3) is 0 Å². The lowest BCUT2D eigenvalue weighted by Crippen LogP contribution is -2.48. The Labute approximate surface area is 72.6 Å². The number of carbonyl (C=O) groups is 1. The van der Waals surface area contributed by atoms with Gasteiger partial charge in [0.05, 0.1) is 6.61 Å². The second kappa shape index (κ2) is 3.37. The summed E-state index contributed by atoms with van der Waals surface area (Å²) in [6, 6.07) is 0. The molecule has 1 saturated heterocycles. The molecule has 0 bridgehead atoms. The van der Waals surface area contributed by atoms with E-state index in [9.17, 15) is 4.79 Å². The zero-order valence-electron chi connectivity index (χ0n) is 7.43. The van der Waals surface area contributed by atoms with Gasteiger partial charge in [0.15, 0.2) is 5.78 Å². The Balaban J connectivity index is 2.56. The van der Waals surface area contributed by atoms with Gasteiger partial charge in [-0.15, -0.1) is 0 Å². The van der Waals surface area contributed by atoms with Gasteiger partial charge in [-0.25, -0.2) is 0 Å². The van der Waals surface area contributed by atoms with E-state index in [1.54, 1.807) is 0 Å². The lowest BCUT2D eigenvalue weighted by molar-refractivity contribution is -0.123. The number of ketones is 1. The van der Waals surface area contributed by atoms with Crippen LogP contribution < -0.4 is 5.73 Å². The highest BCUT2D eigenvalue weighted by Crippen LogP contribution is 2.19. The van der Waals surface area contributed by atoms with Crippen molar-refractivity contribution >= 4 is 5.78 Å². The van der Waals surface area contributed by atoms with Crippen molar-refractivity contribution in [2.75, 3.05) is 13.2 Å². The molecule has 0 radical (unpaired) electrons. The molecule has 0 aromatic rings. The average molecular weight is 169 g/mol. The molecule has 1 heterocycles. The second-order valence-electron chi connectivity index (χ2n) is 3.52. The maximum Gasteiger partial charge on any atom is 0.159 e. The van der Waals surface area contributed by atoms with E-state index in [2.05, 4.69) is 6.58 Å². The molecule has 0 saturated carbocycles. The third kappa shape index (κ3) is 1.93. The van der Waals surface area contributed by atoms with Crippen molar-refractivity contribution in [2.24, 2.45) is 5.73 Å². The Morgan fingerprint density at radius 3 is 2.83 bits per heavy atom. The molecule has 3 heteroatoms. The van der Waals surface area contributed by atoms with Crippen LogP contribution in [-0.4, -0.2) is 24.5 Å². The van der Waals surface area contributed by atoms with E-state index < -0.39 is 5.54 Å². The Morgan fingerprint density at radius 1 is 1.75 bits per heavy atom. The maximum absolute atomic E-state index is 11.5. The van der Waals surface area contributed by atoms with Gasteiger partial charge in [-0.1, -0.05) is 12.2 Å². The smallest absolute Gasteiger partial charge is 0.159 e. The summed E-state index contributed by atoms with van der Waals surface area (Å²) < 4.78 is 5.09. The summed E-state index contributed by atoms with van der Waals surface area (Å²) >= 11 is 0. The SMILES string of the molecule is C=C(C)CC(=O)C1(N)CCOC1. The molecule has 1 atom stereocenters. The van der Waals surface area contributed by atoms with Crippen molar-refractivity contribution in [2.45, 2.75) is 25.3 Å². The fourth-order valence-corrected chi connectivity index (χ4v) is 1.25. The highest BCUT2D eigenvalue weighted by Gasteiger charge is 2.37. The van der Waals surface area contributed by atoms with E-state index in [4.69, 9.17) is 10.5 Å². The van der Waals surface area contributed by atoms with Crippen molar-refractivity contribution in [1.82, 2.24) is 0 Å². The van der Waals surface area contributed by atoms with Crippen molar-refractivity contribution < 1.29 is 9.53 Å². The molecule has 12 heavy (non-hydrogen) atoms. The Kier molecular flexibility index (Phi) is 2.65. The minimum absolute atomic E-state index is 0.0486. The van der Waals surface area contributed by atoms with E-state index in [-0.39, 0.29) is 5.78 Å². The minimum Gasteiger partial charge on any atom is -0.379 e. The van der Waals surface area contributed by atoms with Gasteiger partial charge >= 0.3 is 0 Å². The predicted octanol–water partition coefficient (Wildman–Crippen LogP) is 0.640. The number of carbonyl (C=O) groups excluding carboxylic acids is 1. The van der Waals surface area contributed by atoms with Gasteiger partial charge in [0.1, 0.15) is 5.54 Å². The van der Waals surface area contributed by atoms with E-state index in [1.807, 2.05) is 6.92 Å². The number of ether oxygens (including phenoxy) is 1. The van der Waals surface area contributed by atoms with Gasteiger partial charge < -0.3 is 10.5 Å². The Bertz CT molecular complexity index is 205. The van der Waals surface area contributed by atoms with E-state index >= 15 is 0 Å². The number of rotatable bonds is 3. The van der Waals surface area contributed by atoms with Crippen LogP contribution in [0.3, 0.4) is 0 Å². The highest BCUT2D eigenvalue weighted by atomic mass is 16.5. The molecule has 1 unspecified atom stereocenters. The molecule has 2 N–H and O–H groups in total. The van der Waals surface area contributed by atoms with Crippen molar-refractivity contribution in [1.29, 1.82) is 0 Å². The van der Waals surface area contributed by atoms with Crippen LogP contribution in [0, 0.1) is 0 Å². The minimum atomic E-state index is -0.737. The van der Waals surface area contributed by atoms with Crippen LogP contribution in [0.5, 0.6) is 0 Å². The molecule has 0 amide bonds. The number of nitrogens with two attached hydrogens (primary N) is 1. The van der Waals surface area contributed by atoms with Crippen molar-refractivity contribution in [3.63, 3.8) is 0 Å². The number of allylic oxidation sites excluding steroid dienone is 1. The maximum atomic E-state index is 11.5. The van der Waals surface area contributed by atoms with Gasteiger partial charge in [-0.05, 0) is 13.3 Å². The second-order valence-corrected chi connectivity index (χ2v) is 3.52. The van der Waals surface area contributed by atoms with Crippen LogP contribution in [0.4, 0.5) is 0 Å². The number of hydrogen-bond donors (Lipinski definition) is 1. The van der Waals surface area contributed by atoms with E-state index in [0.717, 1.165) is 5.57 Å². The molecule has 1 fully saturated rings. The summed E-state index contributed by atoms with van der Waals surface area (Å²) in [5.74, 6) is 0.0486. The van der Waals surface area contributed by atoms with Crippen molar-refractivity contribution in [3.05, 3.63) is 12.2 Å². The van der Waals surface area contributed by atoms with Gasteiger partial charge in [-0.2, -0.15) is 0 Å². The summed E-state index contributed by atoms with van der Waals surface area (Å²) in [6.07, 6.45) is 1.01. The van der Waals surface area contributed by atoms with Gasteiger partial charge in [-0.3, -0.25) is 4.79 Å². The molecule has 1 aliphatic rings. The lowest BCUT2D eigenvalue weighted by Gasteiger charge is -2.19. The predicted molar refractivity (Wildman–Crippen MR) is 46.8 cm³/mol. The standard InChI is InChI=1S/C9H15NO2/c1-7(2)5-8(11)9(10)3-4-12-6-9/h1,3-6,10H2,2H3. The third-order valence-corrected chi connectivity index (χ3v) is 2.07. The first kappa shape index (κ1) is 9.42. The van der Waals surface area contributed by atoms with E-state index in [0.29, 0.717) is 26.1 Å².